The summed E-state index contributed by atoms with van der Waals surface area (Å²) in [5, 5.41) is 19.1. The number of benzene rings is 1. The van der Waals surface area contributed by atoms with Gasteiger partial charge in [-0.3, -0.25) is 19.7 Å². The Morgan fingerprint density at radius 1 is 1.00 bits per heavy atom. The fraction of sp³-hybridized carbons (Fsp3) is 0.640. The summed E-state index contributed by atoms with van der Waals surface area (Å²) >= 11 is 0. The number of hydrogen-bond donors (Lipinski definition) is 3. The minimum absolute atomic E-state index is 0.0726. The summed E-state index contributed by atoms with van der Waals surface area (Å²) in [6.07, 6.45) is 3.74. The largest absolute Gasteiger partial charge is 0.465 e. The van der Waals surface area contributed by atoms with Crippen LogP contribution in [0.3, 0.4) is 0 Å². The van der Waals surface area contributed by atoms with E-state index >= 15 is 0 Å². The van der Waals surface area contributed by atoms with E-state index in [4.69, 9.17) is 0 Å². The molecule has 3 aliphatic heterocycles. The number of likely N-dealkylation sites (N-methyl/N-ethyl adjacent to an activating group) is 1. The zero-order valence-electron chi connectivity index (χ0n) is 19.8. The van der Waals surface area contributed by atoms with Crippen molar-refractivity contribution in [3.05, 3.63) is 35.9 Å². The lowest BCUT2D eigenvalue weighted by molar-refractivity contribution is -0.151. The highest BCUT2D eigenvalue weighted by Crippen LogP contribution is 2.36. The van der Waals surface area contributed by atoms with Gasteiger partial charge in [0, 0.05) is 32.2 Å². The fourth-order valence-corrected chi connectivity index (χ4v) is 6.32. The number of carbonyl (C=O) groups excluding carboxylic acids is 2. The van der Waals surface area contributed by atoms with Crippen molar-refractivity contribution in [2.45, 2.75) is 56.5 Å². The zero-order valence-corrected chi connectivity index (χ0v) is 19.8. The van der Waals surface area contributed by atoms with Crippen molar-refractivity contribution in [3.8, 4) is 0 Å². The van der Waals surface area contributed by atoms with Crippen molar-refractivity contribution in [2.24, 2.45) is 11.8 Å². The minimum atomic E-state index is -0.935. The monoisotopic (exact) mass is 472 g/mol. The van der Waals surface area contributed by atoms with Crippen LogP contribution in [-0.2, 0) is 9.59 Å². The molecule has 1 aromatic carbocycles. The van der Waals surface area contributed by atoms with Crippen molar-refractivity contribution >= 4 is 17.9 Å². The lowest BCUT2D eigenvalue weighted by Crippen LogP contribution is -2.62. The average molecular weight is 473 g/mol. The average Bonchev–Trinajstić information content (AvgIpc) is 2.88. The molecule has 0 aliphatic carbocycles. The van der Waals surface area contributed by atoms with E-state index in [9.17, 15) is 24.7 Å². The van der Waals surface area contributed by atoms with Gasteiger partial charge >= 0.3 is 6.09 Å². The molecule has 0 aromatic heterocycles. The van der Waals surface area contributed by atoms with Gasteiger partial charge in [-0.25, -0.2) is 10.3 Å². The molecule has 3 aliphatic rings. The highest BCUT2D eigenvalue weighted by Gasteiger charge is 2.47. The van der Waals surface area contributed by atoms with E-state index in [1.165, 1.54) is 10.5 Å². The highest BCUT2D eigenvalue weighted by molar-refractivity contribution is 5.90. The molecule has 1 unspecified atom stereocenters. The molecular formula is C25H36N4O5. The zero-order chi connectivity index (χ0) is 24.2. The van der Waals surface area contributed by atoms with Gasteiger partial charge in [0.05, 0.1) is 5.92 Å². The normalized spacial score (nSPS) is 29.0. The van der Waals surface area contributed by atoms with Gasteiger partial charge in [0.15, 0.2) is 0 Å². The van der Waals surface area contributed by atoms with E-state index < -0.39 is 24.0 Å². The SMILES string of the molecule is CN1C[C@@H](C2CCCCN2C(=O)O)C[C@H](C(=O)NO)[C@H]1C(=O)N1CCC(c2ccccc2)CC1. The first-order chi connectivity index (χ1) is 16.4. The number of nitrogens with one attached hydrogen (secondary N) is 1. The minimum Gasteiger partial charge on any atom is -0.465 e. The van der Waals surface area contributed by atoms with Gasteiger partial charge in [-0.05, 0) is 63.0 Å². The number of carbonyl (C=O) groups is 3. The summed E-state index contributed by atoms with van der Waals surface area (Å²) in [7, 11) is 1.83. The van der Waals surface area contributed by atoms with Crippen LogP contribution >= 0.6 is 0 Å². The molecule has 0 radical (unpaired) electrons. The maximum absolute atomic E-state index is 13.6. The molecule has 34 heavy (non-hydrogen) atoms. The summed E-state index contributed by atoms with van der Waals surface area (Å²) in [6.45, 7) is 2.31. The Hall–Kier alpha value is -2.65. The van der Waals surface area contributed by atoms with Crippen molar-refractivity contribution in [3.63, 3.8) is 0 Å². The van der Waals surface area contributed by atoms with E-state index in [1.807, 2.05) is 35.0 Å². The fourth-order valence-electron chi connectivity index (χ4n) is 6.32. The molecular weight excluding hydrogens is 436 g/mol. The number of amides is 3. The molecule has 186 valence electrons. The summed E-state index contributed by atoms with van der Waals surface area (Å²) < 4.78 is 0. The molecule has 9 nitrogen and oxygen atoms in total. The molecule has 4 atom stereocenters. The number of hydrogen-bond acceptors (Lipinski definition) is 5. The molecule has 9 heteroatoms. The molecule has 3 N–H and O–H groups in total. The number of nitrogens with zero attached hydrogens (tertiary/aromatic N) is 3. The Kier molecular flexibility index (Phi) is 7.73. The van der Waals surface area contributed by atoms with Crippen LogP contribution in [0.4, 0.5) is 4.79 Å². The Morgan fingerprint density at radius 3 is 2.35 bits per heavy atom. The van der Waals surface area contributed by atoms with Crippen LogP contribution in [0.5, 0.6) is 0 Å². The second-order valence-corrected chi connectivity index (χ2v) is 10.0. The summed E-state index contributed by atoms with van der Waals surface area (Å²) in [5.41, 5.74) is 3.05. The summed E-state index contributed by atoms with van der Waals surface area (Å²) in [6, 6.07) is 9.49. The number of rotatable bonds is 4. The third-order valence-corrected chi connectivity index (χ3v) is 8.05. The maximum atomic E-state index is 13.6. The van der Waals surface area contributed by atoms with Gasteiger partial charge in [-0.1, -0.05) is 30.3 Å². The van der Waals surface area contributed by atoms with Crippen LogP contribution in [0.25, 0.3) is 0 Å². The van der Waals surface area contributed by atoms with Gasteiger partial charge in [0.1, 0.15) is 6.04 Å². The van der Waals surface area contributed by atoms with Crippen LogP contribution in [0.2, 0.25) is 0 Å². The molecule has 4 rings (SSSR count). The Labute approximate surface area is 200 Å². The Morgan fingerprint density at radius 2 is 1.71 bits per heavy atom. The molecule has 1 aromatic rings. The predicted molar refractivity (Wildman–Crippen MR) is 125 cm³/mol. The van der Waals surface area contributed by atoms with E-state index in [1.54, 1.807) is 5.48 Å². The van der Waals surface area contributed by atoms with Crippen molar-refractivity contribution < 1.29 is 24.7 Å². The van der Waals surface area contributed by atoms with Crippen molar-refractivity contribution in [1.29, 1.82) is 0 Å². The first kappa shape index (κ1) is 24.5. The second-order valence-electron chi connectivity index (χ2n) is 10.0. The van der Waals surface area contributed by atoms with Gasteiger partial charge in [0.25, 0.3) is 0 Å². The van der Waals surface area contributed by atoms with Crippen LogP contribution in [0.15, 0.2) is 30.3 Å². The molecule has 3 heterocycles. The van der Waals surface area contributed by atoms with Crippen molar-refractivity contribution in [1.82, 2.24) is 20.2 Å². The standard InChI is InChI=1S/C25H36N4O5/c1-27-16-19(21-9-5-6-12-29(21)25(32)33)15-20(23(30)26-34)22(27)24(31)28-13-10-18(11-14-28)17-7-3-2-4-8-17/h2-4,7-8,18-22,34H,5-6,9-16H2,1H3,(H,26,30)(H,32,33)/t19-,20-,21?,22-/m0/s1. The van der Waals surface area contributed by atoms with Crippen LogP contribution in [0.1, 0.15) is 50.0 Å². The lowest BCUT2D eigenvalue weighted by Gasteiger charge is -2.48. The van der Waals surface area contributed by atoms with E-state index in [0.717, 1.165) is 32.1 Å². The topological polar surface area (TPSA) is 113 Å². The molecule has 3 fully saturated rings. The van der Waals surface area contributed by atoms with Gasteiger partial charge < -0.3 is 14.9 Å². The van der Waals surface area contributed by atoms with Gasteiger partial charge in [-0.15, -0.1) is 0 Å². The third kappa shape index (κ3) is 5.05. The number of hydroxylamine groups is 1. The van der Waals surface area contributed by atoms with Gasteiger partial charge in [-0.2, -0.15) is 0 Å². The molecule has 0 bridgehead atoms. The van der Waals surface area contributed by atoms with E-state index in [0.29, 0.717) is 38.5 Å². The molecule has 0 saturated carbocycles. The smallest absolute Gasteiger partial charge is 0.407 e. The summed E-state index contributed by atoms with van der Waals surface area (Å²) in [5.74, 6) is -1.04. The third-order valence-electron chi connectivity index (χ3n) is 8.05. The predicted octanol–water partition coefficient (Wildman–Crippen LogP) is 2.37. The van der Waals surface area contributed by atoms with E-state index in [2.05, 4.69) is 12.1 Å². The number of piperidine rings is 3. The number of carboxylic acid groups (broad SMARTS) is 1. The van der Waals surface area contributed by atoms with Crippen LogP contribution in [0, 0.1) is 11.8 Å². The molecule has 3 saturated heterocycles. The summed E-state index contributed by atoms with van der Waals surface area (Å²) in [4.78, 5) is 43.4. The Bertz CT molecular complexity index is 873. The number of likely N-dealkylation sites (tertiary alicyclic amines) is 3. The van der Waals surface area contributed by atoms with Gasteiger partial charge in [0.2, 0.25) is 11.8 Å². The first-order valence-corrected chi connectivity index (χ1v) is 12.4. The maximum Gasteiger partial charge on any atom is 0.407 e. The lowest BCUT2D eigenvalue weighted by atomic mass is 9.76. The highest BCUT2D eigenvalue weighted by atomic mass is 16.5. The van der Waals surface area contributed by atoms with Crippen LogP contribution in [-0.4, -0.2) is 88.2 Å². The second kappa shape index (κ2) is 10.7. The first-order valence-electron chi connectivity index (χ1n) is 12.4. The van der Waals surface area contributed by atoms with Crippen LogP contribution < -0.4 is 5.48 Å². The van der Waals surface area contributed by atoms with Crippen molar-refractivity contribution in [2.75, 3.05) is 33.2 Å². The quantitative estimate of drug-likeness (QED) is 0.458. The van der Waals surface area contributed by atoms with E-state index in [-0.39, 0.29) is 17.9 Å². The molecule has 0 spiro atoms. The Balaban J connectivity index is 1.46. The molecule has 3 amide bonds.